The molecule has 6 heteroatoms. The molecule has 6 nitrogen and oxygen atoms in total. The Bertz CT molecular complexity index is 780. The first kappa shape index (κ1) is 15.9. The first-order valence-electron chi connectivity index (χ1n) is 7.73. The quantitative estimate of drug-likeness (QED) is 0.647. The molecular formula is C18H19N5O. The van der Waals surface area contributed by atoms with Crippen LogP contribution < -0.4 is 10.6 Å². The van der Waals surface area contributed by atoms with E-state index in [0.717, 1.165) is 16.9 Å². The van der Waals surface area contributed by atoms with Gasteiger partial charge in [0.1, 0.15) is 5.82 Å². The Hall–Kier alpha value is -2.99. The zero-order chi connectivity index (χ0) is 16.8. The van der Waals surface area contributed by atoms with Crippen molar-refractivity contribution in [2.24, 2.45) is 0 Å². The number of nitrogens with one attached hydrogen (secondary N) is 2. The molecule has 2 aromatic heterocycles. The fraction of sp³-hybridized carbons (Fsp3) is 0.167. The maximum absolute atomic E-state index is 9.24. The van der Waals surface area contributed by atoms with E-state index in [1.165, 1.54) is 0 Å². The number of aliphatic hydroxyl groups is 1. The van der Waals surface area contributed by atoms with Gasteiger partial charge in [-0.3, -0.25) is 4.98 Å². The Kier molecular flexibility index (Phi) is 4.98. The molecule has 2 heterocycles. The fourth-order valence-corrected chi connectivity index (χ4v) is 2.17. The molecule has 0 amide bonds. The van der Waals surface area contributed by atoms with Gasteiger partial charge < -0.3 is 15.7 Å². The van der Waals surface area contributed by atoms with E-state index in [4.69, 9.17) is 0 Å². The Labute approximate surface area is 140 Å². The molecule has 122 valence electrons. The van der Waals surface area contributed by atoms with Crippen molar-refractivity contribution in [1.29, 1.82) is 0 Å². The molecule has 0 aliphatic rings. The Morgan fingerprint density at radius 1 is 1.08 bits per heavy atom. The van der Waals surface area contributed by atoms with E-state index in [1.807, 2.05) is 55.5 Å². The van der Waals surface area contributed by atoms with Crippen molar-refractivity contribution < 1.29 is 5.11 Å². The van der Waals surface area contributed by atoms with E-state index < -0.39 is 0 Å². The number of aromatic nitrogens is 3. The minimum atomic E-state index is -0.140. The molecule has 0 saturated carbocycles. The first-order chi connectivity index (χ1) is 11.7. The van der Waals surface area contributed by atoms with Crippen molar-refractivity contribution >= 4 is 17.5 Å². The summed E-state index contributed by atoms with van der Waals surface area (Å²) < 4.78 is 0. The summed E-state index contributed by atoms with van der Waals surface area (Å²) >= 11 is 0. The molecule has 0 aliphatic carbocycles. The summed E-state index contributed by atoms with van der Waals surface area (Å²) in [5, 5.41) is 15.6. The van der Waals surface area contributed by atoms with Crippen molar-refractivity contribution in [3.63, 3.8) is 0 Å². The maximum Gasteiger partial charge on any atom is 0.225 e. The van der Waals surface area contributed by atoms with Gasteiger partial charge in [-0.2, -0.15) is 4.98 Å². The molecule has 3 N–H and O–H groups in total. The SMILES string of the molecule is C[C@H](CO)Nc1nc(Nc2ccccc2)cc(-c2cccnc2)n1. The Balaban J connectivity index is 1.96. The molecule has 3 aromatic rings. The van der Waals surface area contributed by atoms with E-state index in [2.05, 4.69) is 25.6 Å². The van der Waals surface area contributed by atoms with Crippen molar-refractivity contribution in [2.75, 3.05) is 17.2 Å². The molecular weight excluding hydrogens is 302 g/mol. The largest absolute Gasteiger partial charge is 0.394 e. The van der Waals surface area contributed by atoms with E-state index in [9.17, 15) is 5.11 Å². The highest BCUT2D eigenvalue weighted by Crippen LogP contribution is 2.23. The second-order valence-electron chi connectivity index (χ2n) is 5.42. The van der Waals surface area contributed by atoms with Crippen LogP contribution in [0.5, 0.6) is 0 Å². The van der Waals surface area contributed by atoms with Gasteiger partial charge in [-0.25, -0.2) is 4.98 Å². The van der Waals surface area contributed by atoms with Crippen molar-refractivity contribution in [2.45, 2.75) is 13.0 Å². The number of aliphatic hydroxyl groups excluding tert-OH is 1. The summed E-state index contributed by atoms with van der Waals surface area (Å²) in [5.74, 6) is 1.12. The lowest BCUT2D eigenvalue weighted by Crippen LogP contribution is -2.21. The number of hydrogen-bond acceptors (Lipinski definition) is 6. The monoisotopic (exact) mass is 321 g/mol. The molecule has 3 rings (SSSR count). The van der Waals surface area contributed by atoms with Crippen molar-refractivity contribution in [3.8, 4) is 11.3 Å². The van der Waals surface area contributed by atoms with E-state index in [-0.39, 0.29) is 12.6 Å². The first-order valence-corrected chi connectivity index (χ1v) is 7.73. The Morgan fingerprint density at radius 2 is 1.92 bits per heavy atom. The van der Waals surface area contributed by atoms with Crippen LogP contribution in [0.4, 0.5) is 17.5 Å². The number of para-hydroxylation sites is 1. The summed E-state index contributed by atoms with van der Waals surface area (Å²) in [6.45, 7) is 1.87. The highest BCUT2D eigenvalue weighted by molar-refractivity contribution is 5.66. The summed E-state index contributed by atoms with van der Waals surface area (Å²) in [5.41, 5.74) is 2.59. The maximum atomic E-state index is 9.24. The van der Waals surface area contributed by atoms with Gasteiger partial charge in [0.05, 0.1) is 12.3 Å². The molecule has 0 spiro atoms. The topological polar surface area (TPSA) is 83.0 Å². The van der Waals surface area contributed by atoms with Gasteiger partial charge in [0.25, 0.3) is 0 Å². The van der Waals surface area contributed by atoms with Gasteiger partial charge in [0.2, 0.25) is 5.95 Å². The normalized spacial score (nSPS) is 11.8. The predicted octanol–water partition coefficient (Wildman–Crippen LogP) is 3.07. The summed E-state index contributed by atoms with van der Waals surface area (Å²) in [7, 11) is 0. The van der Waals surface area contributed by atoms with Gasteiger partial charge in [-0.05, 0) is 31.2 Å². The lowest BCUT2D eigenvalue weighted by molar-refractivity contribution is 0.281. The van der Waals surface area contributed by atoms with E-state index >= 15 is 0 Å². The second-order valence-corrected chi connectivity index (χ2v) is 5.42. The number of hydrogen-bond donors (Lipinski definition) is 3. The molecule has 0 saturated heterocycles. The highest BCUT2D eigenvalue weighted by Gasteiger charge is 2.09. The van der Waals surface area contributed by atoms with E-state index in [0.29, 0.717) is 11.8 Å². The van der Waals surface area contributed by atoms with Crippen LogP contribution in [0.2, 0.25) is 0 Å². The number of anilines is 3. The average molecular weight is 321 g/mol. The number of benzene rings is 1. The van der Waals surface area contributed by atoms with Gasteiger partial charge in [0, 0.05) is 35.8 Å². The highest BCUT2D eigenvalue weighted by atomic mass is 16.3. The third kappa shape index (κ3) is 4.05. The van der Waals surface area contributed by atoms with Crippen LogP contribution in [0, 0.1) is 0 Å². The second kappa shape index (κ2) is 7.52. The molecule has 24 heavy (non-hydrogen) atoms. The zero-order valence-corrected chi connectivity index (χ0v) is 13.3. The molecule has 1 aromatic carbocycles. The lowest BCUT2D eigenvalue weighted by atomic mass is 10.2. The third-order valence-corrected chi connectivity index (χ3v) is 3.38. The van der Waals surface area contributed by atoms with Crippen LogP contribution in [0.15, 0.2) is 60.9 Å². The zero-order valence-electron chi connectivity index (χ0n) is 13.3. The van der Waals surface area contributed by atoms with Crippen LogP contribution in [0.25, 0.3) is 11.3 Å². The number of rotatable bonds is 6. The van der Waals surface area contributed by atoms with Crippen molar-refractivity contribution in [1.82, 2.24) is 15.0 Å². The van der Waals surface area contributed by atoms with Gasteiger partial charge >= 0.3 is 0 Å². The molecule has 0 bridgehead atoms. The summed E-state index contributed by atoms with van der Waals surface area (Å²) in [4.78, 5) is 13.1. The van der Waals surface area contributed by atoms with Gasteiger partial charge in [-0.1, -0.05) is 18.2 Å². The van der Waals surface area contributed by atoms with Crippen molar-refractivity contribution in [3.05, 3.63) is 60.9 Å². The number of nitrogens with zero attached hydrogens (tertiary/aromatic N) is 3. The minimum absolute atomic E-state index is 0.00191. The average Bonchev–Trinajstić information content (AvgIpc) is 2.63. The number of pyridine rings is 1. The summed E-state index contributed by atoms with van der Waals surface area (Å²) in [6.07, 6.45) is 3.48. The fourth-order valence-electron chi connectivity index (χ4n) is 2.17. The van der Waals surface area contributed by atoms with Crippen LogP contribution in [0.1, 0.15) is 6.92 Å². The smallest absolute Gasteiger partial charge is 0.225 e. The molecule has 0 radical (unpaired) electrons. The Morgan fingerprint density at radius 3 is 2.62 bits per heavy atom. The summed E-state index contributed by atoms with van der Waals surface area (Å²) in [6, 6.07) is 15.4. The predicted molar refractivity (Wildman–Crippen MR) is 95.2 cm³/mol. The third-order valence-electron chi connectivity index (χ3n) is 3.38. The van der Waals surface area contributed by atoms with Crippen LogP contribution in [-0.4, -0.2) is 32.7 Å². The van der Waals surface area contributed by atoms with E-state index in [1.54, 1.807) is 12.4 Å². The van der Waals surface area contributed by atoms with Gasteiger partial charge in [-0.15, -0.1) is 0 Å². The minimum Gasteiger partial charge on any atom is -0.394 e. The molecule has 1 atom stereocenters. The van der Waals surface area contributed by atoms with Crippen LogP contribution >= 0.6 is 0 Å². The van der Waals surface area contributed by atoms with Crippen LogP contribution in [-0.2, 0) is 0 Å². The van der Waals surface area contributed by atoms with Crippen LogP contribution in [0.3, 0.4) is 0 Å². The lowest BCUT2D eigenvalue weighted by Gasteiger charge is -2.14. The molecule has 0 unspecified atom stereocenters. The standard InChI is InChI=1S/C18H19N5O/c1-13(12-24)20-18-22-16(14-6-5-9-19-11-14)10-17(23-18)21-15-7-3-2-4-8-15/h2-11,13,24H,12H2,1H3,(H2,20,21,22,23)/t13-/m1/s1. The molecule has 0 fully saturated rings. The molecule has 0 aliphatic heterocycles. The van der Waals surface area contributed by atoms with Gasteiger partial charge in [0.15, 0.2) is 0 Å².